The lowest BCUT2D eigenvalue weighted by molar-refractivity contribution is 0.661. The quantitative estimate of drug-likeness (QED) is 0.182. The van der Waals surface area contributed by atoms with Crippen molar-refractivity contribution in [1.82, 2.24) is 9.97 Å². The molecule has 1 aliphatic rings. The molecule has 0 amide bonds. The van der Waals surface area contributed by atoms with Crippen LogP contribution in [0.5, 0.6) is 0 Å². The van der Waals surface area contributed by atoms with Gasteiger partial charge >= 0.3 is 0 Å². The number of fused-ring (bicyclic) bond motifs is 9. The predicted octanol–water partition coefficient (Wildman–Crippen LogP) is 14.1. The third kappa shape index (κ3) is 4.65. The minimum absolute atomic E-state index is 0.111. The Morgan fingerprint density at radius 3 is 1.94 bits per heavy atom. The van der Waals surface area contributed by atoms with E-state index < -0.39 is 0 Å². The Hall–Kier alpha value is -6.42. The molecule has 3 heteroatoms. The molecule has 254 valence electrons. The normalized spacial score (nSPS) is 13.1. The van der Waals surface area contributed by atoms with Gasteiger partial charge in [-0.25, -0.2) is 9.97 Å². The number of aromatic nitrogens is 2. The van der Waals surface area contributed by atoms with E-state index in [2.05, 4.69) is 184 Å². The molecule has 2 aromatic heterocycles. The van der Waals surface area contributed by atoms with Crippen LogP contribution in [0.25, 0.3) is 97.9 Å². The molecule has 2 nitrogen and oxygen atoms in total. The van der Waals surface area contributed by atoms with E-state index >= 15 is 0 Å². The molecule has 2 heterocycles. The molecule has 0 fully saturated rings. The first-order chi connectivity index (χ1) is 26.5. The third-order valence-corrected chi connectivity index (χ3v) is 12.7. The van der Waals surface area contributed by atoms with Crippen LogP contribution in [0.3, 0.4) is 0 Å². The fraction of sp³-hybridized carbons (Fsp3) is 0.0588. The predicted molar refractivity (Wildman–Crippen MR) is 229 cm³/mol. The van der Waals surface area contributed by atoms with Crippen LogP contribution in [-0.4, -0.2) is 9.97 Å². The van der Waals surface area contributed by atoms with Crippen molar-refractivity contribution in [3.05, 3.63) is 181 Å². The van der Waals surface area contributed by atoms with Gasteiger partial charge in [0, 0.05) is 42.3 Å². The van der Waals surface area contributed by atoms with E-state index in [4.69, 9.17) is 9.97 Å². The Kier molecular flexibility index (Phi) is 6.80. The fourth-order valence-corrected chi connectivity index (χ4v) is 10.1. The van der Waals surface area contributed by atoms with E-state index in [1.165, 1.54) is 69.7 Å². The maximum absolute atomic E-state index is 5.38. The van der Waals surface area contributed by atoms with E-state index in [0.29, 0.717) is 0 Å². The van der Waals surface area contributed by atoms with Gasteiger partial charge in [0.25, 0.3) is 0 Å². The van der Waals surface area contributed by atoms with Crippen LogP contribution in [0.1, 0.15) is 25.0 Å². The first-order valence-corrected chi connectivity index (χ1v) is 19.4. The van der Waals surface area contributed by atoms with Crippen LogP contribution in [0.2, 0.25) is 0 Å². The summed E-state index contributed by atoms with van der Waals surface area (Å²) in [5.41, 5.74) is 12.9. The molecule has 1 aliphatic carbocycles. The van der Waals surface area contributed by atoms with Gasteiger partial charge in [-0.2, -0.15) is 0 Å². The summed E-state index contributed by atoms with van der Waals surface area (Å²) in [4.78, 5) is 10.7. The van der Waals surface area contributed by atoms with Crippen LogP contribution in [0.4, 0.5) is 0 Å². The highest BCUT2D eigenvalue weighted by Crippen LogP contribution is 2.52. The minimum Gasteiger partial charge on any atom is -0.228 e. The molecule has 0 saturated heterocycles. The Morgan fingerprint density at radius 1 is 0.426 bits per heavy atom. The fourth-order valence-electron chi connectivity index (χ4n) is 8.83. The summed E-state index contributed by atoms with van der Waals surface area (Å²) in [5.74, 6) is 0.727. The summed E-state index contributed by atoms with van der Waals surface area (Å²) in [6.07, 6.45) is 0. The summed E-state index contributed by atoms with van der Waals surface area (Å²) in [7, 11) is 0. The van der Waals surface area contributed by atoms with Crippen molar-refractivity contribution in [2.24, 2.45) is 0 Å². The molecule has 0 atom stereocenters. The Balaban J connectivity index is 1.09. The standard InChI is InChI=1S/C51H34N2S/c1-51(2)43-28-24-31-13-6-7-16-35(31)48(43)41-25-23-33(29-44(41)51)34-26-27-40(37-18-9-8-17-36(34)37)50-52-45(32-14-4-3-5-15-32)30-46(53-50)42-21-12-20-39-38-19-10-11-22-47(38)54-49(39)42/h3-30H,1-2H3. The van der Waals surface area contributed by atoms with Crippen molar-refractivity contribution >= 4 is 53.1 Å². The zero-order chi connectivity index (χ0) is 36.0. The summed E-state index contributed by atoms with van der Waals surface area (Å²) in [6.45, 7) is 4.73. The molecule has 0 spiro atoms. The van der Waals surface area contributed by atoms with Crippen molar-refractivity contribution < 1.29 is 0 Å². The molecule has 0 unspecified atom stereocenters. The number of rotatable bonds is 4. The lowest BCUT2D eigenvalue weighted by Gasteiger charge is -2.22. The highest BCUT2D eigenvalue weighted by molar-refractivity contribution is 7.26. The molecule has 0 saturated carbocycles. The largest absolute Gasteiger partial charge is 0.228 e. The monoisotopic (exact) mass is 706 g/mol. The van der Waals surface area contributed by atoms with Gasteiger partial charge < -0.3 is 0 Å². The Morgan fingerprint density at radius 2 is 1.09 bits per heavy atom. The topological polar surface area (TPSA) is 25.8 Å². The lowest BCUT2D eigenvalue weighted by Crippen LogP contribution is -2.15. The second-order valence-corrected chi connectivity index (χ2v) is 16.0. The van der Waals surface area contributed by atoms with E-state index in [9.17, 15) is 0 Å². The molecule has 11 rings (SSSR count). The number of nitrogens with zero attached hydrogens (tertiary/aromatic N) is 2. The van der Waals surface area contributed by atoms with Gasteiger partial charge in [0.15, 0.2) is 5.82 Å². The first-order valence-electron chi connectivity index (χ1n) is 18.6. The lowest BCUT2D eigenvalue weighted by atomic mass is 9.81. The van der Waals surface area contributed by atoms with Crippen molar-refractivity contribution in [3.8, 4) is 56.2 Å². The maximum atomic E-state index is 5.38. The van der Waals surface area contributed by atoms with E-state index in [0.717, 1.165) is 39.3 Å². The summed E-state index contributed by atoms with van der Waals surface area (Å²) in [6, 6.07) is 61.6. The van der Waals surface area contributed by atoms with Gasteiger partial charge in [-0.1, -0.05) is 159 Å². The molecular formula is C51H34N2S. The molecule has 54 heavy (non-hydrogen) atoms. The summed E-state index contributed by atoms with van der Waals surface area (Å²) >= 11 is 1.83. The van der Waals surface area contributed by atoms with Crippen molar-refractivity contribution in [1.29, 1.82) is 0 Å². The Bertz CT molecular complexity index is 3130. The molecule has 0 bridgehead atoms. The van der Waals surface area contributed by atoms with Crippen LogP contribution in [0.15, 0.2) is 170 Å². The van der Waals surface area contributed by atoms with E-state index in [1.54, 1.807) is 0 Å². The zero-order valence-corrected chi connectivity index (χ0v) is 30.8. The van der Waals surface area contributed by atoms with Crippen LogP contribution >= 0.6 is 11.3 Å². The second-order valence-electron chi connectivity index (χ2n) is 14.9. The molecule has 0 aliphatic heterocycles. The molecular weight excluding hydrogens is 673 g/mol. The second kappa shape index (κ2) is 11.8. The van der Waals surface area contributed by atoms with Gasteiger partial charge in [-0.3, -0.25) is 0 Å². The first kappa shape index (κ1) is 31.1. The van der Waals surface area contributed by atoms with Gasteiger partial charge in [0.2, 0.25) is 0 Å². The van der Waals surface area contributed by atoms with Crippen LogP contribution in [0, 0.1) is 0 Å². The van der Waals surface area contributed by atoms with Crippen LogP contribution < -0.4 is 0 Å². The van der Waals surface area contributed by atoms with Crippen molar-refractivity contribution in [3.63, 3.8) is 0 Å². The van der Waals surface area contributed by atoms with Gasteiger partial charge in [-0.15, -0.1) is 11.3 Å². The van der Waals surface area contributed by atoms with Gasteiger partial charge in [0.05, 0.1) is 11.4 Å². The maximum Gasteiger partial charge on any atom is 0.161 e. The molecule has 10 aromatic rings. The smallest absolute Gasteiger partial charge is 0.161 e. The number of benzene rings is 8. The minimum atomic E-state index is -0.111. The van der Waals surface area contributed by atoms with Gasteiger partial charge in [-0.05, 0) is 79.2 Å². The average molecular weight is 707 g/mol. The summed E-state index contributed by atoms with van der Waals surface area (Å²) in [5, 5.41) is 7.48. The highest BCUT2D eigenvalue weighted by Gasteiger charge is 2.36. The molecule has 0 radical (unpaired) electrons. The van der Waals surface area contributed by atoms with Crippen LogP contribution in [-0.2, 0) is 5.41 Å². The molecule has 0 N–H and O–H groups in total. The zero-order valence-electron chi connectivity index (χ0n) is 30.0. The van der Waals surface area contributed by atoms with Gasteiger partial charge in [0.1, 0.15) is 0 Å². The Labute approximate surface area is 318 Å². The highest BCUT2D eigenvalue weighted by atomic mass is 32.1. The molecule has 8 aromatic carbocycles. The number of hydrogen-bond donors (Lipinski definition) is 0. The number of thiophene rings is 1. The van der Waals surface area contributed by atoms with Crippen molar-refractivity contribution in [2.45, 2.75) is 19.3 Å². The third-order valence-electron chi connectivity index (χ3n) is 11.5. The average Bonchev–Trinajstić information content (AvgIpc) is 3.72. The SMILES string of the molecule is CC1(C)c2cc(-c3ccc(-c4nc(-c5ccccc5)cc(-c5cccc6c5sc5ccccc56)n4)c4ccccc34)ccc2-c2c1ccc1ccccc21. The van der Waals surface area contributed by atoms with E-state index in [-0.39, 0.29) is 5.41 Å². The van der Waals surface area contributed by atoms with Crippen molar-refractivity contribution in [2.75, 3.05) is 0 Å². The number of hydrogen-bond acceptors (Lipinski definition) is 3. The van der Waals surface area contributed by atoms with E-state index in [1.807, 2.05) is 11.3 Å². The summed E-state index contributed by atoms with van der Waals surface area (Å²) < 4.78 is 2.53.